The lowest BCUT2D eigenvalue weighted by Crippen LogP contribution is -2.21. The predicted molar refractivity (Wildman–Crippen MR) is 109 cm³/mol. The number of nitrogens with one attached hydrogen (secondary N) is 1. The monoisotopic (exact) mass is 377 g/mol. The van der Waals surface area contributed by atoms with Crippen molar-refractivity contribution in [2.75, 3.05) is 0 Å². The number of aromatic nitrogens is 1. The standard InChI is InChI=1S/C23H21NO4.H2/c1-14-21(22(25)19-4-2-3-5-20(19)24-14)15-6-10-17(11-7-15)28-18-12-8-16(9-13-18)23(26)27;/h6-13H,2-5H2,1H3,(H,24,25)(H,26,27);1H. The molecule has 0 radical (unpaired) electrons. The molecule has 0 unspecified atom stereocenters. The number of rotatable bonds is 4. The highest BCUT2D eigenvalue weighted by molar-refractivity contribution is 5.87. The highest BCUT2D eigenvalue weighted by atomic mass is 16.5. The molecule has 5 nitrogen and oxygen atoms in total. The van der Waals surface area contributed by atoms with Gasteiger partial charge < -0.3 is 14.8 Å². The minimum Gasteiger partial charge on any atom is -0.478 e. The van der Waals surface area contributed by atoms with Crippen LogP contribution in [0.4, 0.5) is 0 Å². The molecule has 0 saturated carbocycles. The number of aromatic carboxylic acids is 1. The largest absolute Gasteiger partial charge is 0.478 e. The van der Waals surface area contributed by atoms with Crippen molar-refractivity contribution in [3.05, 3.63) is 81.3 Å². The number of hydrogen-bond acceptors (Lipinski definition) is 3. The number of carbonyl (C=O) groups is 1. The molecule has 0 bridgehead atoms. The fraction of sp³-hybridized carbons (Fsp3) is 0.217. The SMILES string of the molecule is Cc1[nH]c2c(c(=O)c1-c1ccc(Oc3ccc(C(=O)O)cc3)cc1)CCCC2.[HH]. The maximum Gasteiger partial charge on any atom is 0.335 e. The Morgan fingerprint density at radius 2 is 1.61 bits per heavy atom. The van der Waals surface area contributed by atoms with Crippen LogP contribution in [-0.4, -0.2) is 16.1 Å². The number of carboxylic acids is 1. The second kappa shape index (κ2) is 7.35. The van der Waals surface area contributed by atoms with E-state index in [2.05, 4.69) is 4.98 Å². The number of hydrogen-bond donors (Lipinski definition) is 2. The molecule has 5 heteroatoms. The minimum atomic E-state index is -0.971. The Kier molecular flexibility index (Phi) is 4.74. The second-order valence-corrected chi connectivity index (χ2v) is 7.07. The van der Waals surface area contributed by atoms with Gasteiger partial charge in [-0.3, -0.25) is 4.79 Å². The van der Waals surface area contributed by atoms with Gasteiger partial charge in [0.25, 0.3) is 0 Å². The average molecular weight is 377 g/mol. The molecule has 0 saturated heterocycles. The summed E-state index contributed by atoms with van der Waals surface area (Å²) in [5.74, 6) is 0.209. The van der Waals surface area contributed by atoms with Gasteiger partial charge >= 0.3 is 5.97 Å². The Morgan fingerprint density at radius 1 is 1.00 bits per heavy atom. The molecule has 1 aliphatic carbocycles. The summed E-state index contributed by atoms with van der Waals surface area (Å²) in [6.07, 6.45) is 3.97. The number of aryl methyl sites for hydroxylation is 2. The number of aromatic amines is 1. The van der Waals surface area contributed by atoms with Crippen molar-refractivity contribution >= 4 is 5.97 Å². The summed E-state index contributed by atoms with van der Waals surface area (Å²) in [4.78, 5) is 27.3. The lowest BCUT2D eigenvalue weighted by atomic mass is 9.91. The van der Waals surface area contributed by atoms with E-state index in [-0.39, 0.29) is 12.4 Å². The van der Waals surface area contributed by atoms with E-state index in [1.165, 1.54) is 12.1 Å². The number of pyridine rings is 1. The van der Waals surface area contributed by atoms with E-state index in [9.17, 15) is 9.59 Å². The fourth-order valence-electron chi connectivity index (χ4n) is 3.74. The van der Waals surface area contributed by atoms with Gasteiger partial charge in [0.2, 0.25) is 0 Å². The van der Waals surface area contributed by atoms with Crippen LogP contribution in [0, 0.1) is 6.92 Å². The Hall–Kier alpha value is -3.34. The van der Waals surface area contributed by atoms with Crippen LogP contribution in [0.3, 0.4) is 0 Å². The van der Waals surface area contributed by atoms with Gasteiger partial charge in [0.05, 0.1) is 5.56 Å². The fourth-order valence-corrected chi connectivity index (χ4v) is 3.74. The molecule has 3 aromatic rings. The van der Waals surface area contributed by atoms with Gasteiger partial charge in [-0.25, -0.2) is 4.79 Å². The summed E-state index contributed by atoms with van der Waals surface area (Å²) in [6, 6.07) is 13.6. The second-order valence-electron chi connectivity index (χ2n) is 7.07. The van der Waals surface area contributed by atoms with E-state index in [0.717, 1.165) is 53.8 Å². The van der Waals surface area contributed by atoms with Crippen molar-refractivity contribution in [2.45, 2.75) is 32.6 Å². The van der Waals surface area contributed by atoms with Crippen LogP contribution >= 0.6 is 0 Å². The van der Waals surface area contributed by atoms with Crippen LogP contribution in [0.15, 0.2) is 53.3 Å². The van der Waals surface area contributed by atoms with Crippen LogP contribution < -0.4 is 10.2 Å². The quantitative estimate of drug-likeness (QED) is 0.673. The summed E-state index contributed by atoms with van der Waals surface area (Å²) in [6.45, 7) is 1.94. The molecule has 0 aliphatic heterocycles. The zero-order valence-electron chi connectivity index (χ0n) is 15.6. The lowest BCUT2D eigenvalue weighted by Gasteiger charge is -2.18. The van der Waals surface area contributed by atoms with Crippen molar-refractivity contribution in [3.8, 4) is 22.6 Å². The van der Waals surface area contributed by atoms with E-state index in [1.54, 1.807) is 12.1 Å². The van der Waals surface area contributed by atoms with Crippen LogP contribution in [-0.2, 0) is 12.8 Å². The number of ether oxygens (including phenoxy) is 1. The van der Waals surface area contributed by atoms with Crippen LogP contribution in [0.2, 0.25) is 0 Å². The van der Waals surface area contributed by atoms with E-state index >= 15 is 0 Å². The molecule has 0 amide bonds. The van der Waals surface area contributed by atoms with Gasteiger partial charge in [-0.05, 0) is 74.6 Å². The summed E-state index contributed by atoms with van der Waals surface area (Å²) in [5.41, 5.74) is 4.82. The first-order valence-corrected chi connectivity index (χ1v) is 9.39. The van der Waals surface area contributed by atoms with Gasteiger partial charge in [-0.15, -0.1) is 0 Å². The number of benzene rings is 2. The Labute approximate surface area is 164 Å². The third-order valence-electron chi connectivity index (χ3n) is 5.16. The van der Waals surface area contributed by atoms with Crippen molar-refractivity contribution in [1.82, 2.24) is 4.98 Å². The minimum absolute atomic E-state index is 0. The molecule has 0 atom stereocenters. The molecule has 0 spiro atoms. The first-order chi connectivity index (χ1) is 13.5. The van der Waals surface area contributed by atoms with E-state index in [4.69, 9.17) is 9.84 Å². The van der Waals surface area contributed by atoms with Crippen LogP contribution in [0.5, 0.6) is 11.5 Å². The first-order valence-electron chi connectivity index (χ1n) is 9.39. The molecular weight excluding hydrogens is 354 g/mol. The molecule has 2 N–H and O–H groups in total. The predicted octanol–water partition coefficient (Wildman–Crippen LogP) is 4.97. The summed E-state index contributed by atoms with van der Waals surface area (Å²) >= 11 is 0. The molecule has 4 rings (SSSR count). The van der Waals surface area contributed by atoms with Gasteiger partial charge in [0, 0.05) is 23.9 Å². The van der Waals surface area contributed by atoms with E-state index < -0.39 is 5.97 Å². The normalized spacial score (nSPS) is 13.0. The smallest absolute Gasteiger partial charge is 0.335 e. The summed E-state index contributed by atoms with van der Waals surface area (Å²) in [5, 5.41) is 8.95. The third kappa shape index (κ3) is 3.43. The Balaban J connectivity index is 0.00000240. The molecule has 28 heavy (non-hydrogen) atoms. The molecule has 1 heterocycles. The van der Waals surface area contributed by atoms with E-state index in [0.29, 0.717) is 11.5 Å². The van der Waals surface area contributed by atoms with Crippen molar-refractivity contribution in [3.63, 3.8) is 0 Å². The highest BCUT2D eigenvalue weighted by Crippen LogP contribution is 2.27. The molecule has 1 aliphatic rings. The van der Waals surface area contributed by atoms with Gasteiger partial charge in [0.1, 0.15) is 11.5 Å². The average Bonchev–Trinajstić information content (AvgIpc) is 2.70. The topological polar surface area (TPSA) is 79.4 Å². The Bertz CT molecular complexity index is 1090. The van der Waals surface area contributed by atoms with Crippen molar-refractivity contribution < 1.29 is 16.1 Å². The highest BCUT2D eigenvalue weighted by Gasteiger charge is 2.18. The zero-order valence-corrected chi connectivity index (χ0v) is 15.6. The zero-order chi connectivity index (χ0) is 19.7. The maximum absolute atomic E-state index is 13.0. The van der Waals surface area contributed by atoms with Gasteiger partial charge in [-0.1, -0.05) is 12.1 Å². The van der Waals surface area contributed by atoms with Crippen molar-refractivity contribution in [1.29, 1.82) is 0 Å². The number of H-pyrrole nitrogens is 1. The molecule has 0 fully saturated rings. The third-order valence-corrected chi connectivity index (χ3v) is 5.16. The van der Waals surface area contributed by atoms with Crippen LogP contribution in [0.1, 0.15) is 41.6 Å². The maximum atomic E-state index is 13.0. The van der Waals surface area contributed by atoms with Crippen LogP contribution in [0.25, 0.3) is 11.1 Å². The van der Waals surface area contributed by atoms with Gasteiger partial charge in [-0.2, -0.15) is 0 Å². The van der Waals surface area contributed by atoms with Crippen molar-refractivity contribution in [2.24, 2.45) is 0 Å². The Morgan fingerprint density at radius 3 is 2.25 bits per heavy atom. The molecule has 2 aromatic carbocycles. The molecule has 1 aromatic heterocycles. The lowest BCUT2D eigenvalue weighted by molar-refractivity contribution is 0.0697. The first kappa shape index (κ1) is 18.0. The summed E-state index contributed by atoms with van der Waals surface area (Å²) in [7, 11) is 0. The number of fused-ring (bicyclic) bond motifs is 1. The molecular formula is C23H23NO4. The van der Waals surface area contributed by atoms with E-state index in [1.807, 2.05) is 31.2 Å². The molecule has 144 valence electrons. The van der Waals surface area contributed by atoms with Gasteiger partial charge in [0.15, 0.2) is 5.43 Å². The summed E-state index contributed by atoms with van der Waals surface area (Å²) < 4.78 is 5.78. The number of carboxylic acid groups (broad SMARTS) is 1.